The first kappa shape index (κ1) is 20.2. The zero-order chi connectivity index (χ0) is 20.0. The molecule has 3 N–H and O–H groups in total. The van der Waals surface area contributed by atoms with Crippen LogP contribution in [-0.4, -0.2) is 37.8 Å². The third kappa shape index (κ3) is 3.60. The molecule has 0 radical (unpaired) electrons. The summed E-state index contributed by atoms with van der Waals surface area (Å²) in [7, 11) is 3.05. The molecule has 4 nitrogen and oxygen atoms in total. The summed E-state index contributed by atoms with van der Waals surface area (Å²) in [4.78, 5) is 0. The largest absolute Gasteiger partial charge is 0.390 e. The summed E-state index contributed by atoms with van der Waals surface area (Å²) in [5, 5.41) is 11.7. The van der Waals surface area contributed by atoms with Gasteiger partial charge in [-0.15, -0.1) is 0 Å². The second-order valence-electron chi connectivity index (χ2n) is 6.77. The Bertz CT molecular complexity index is 739. The van der Waals surface area contributed by atoms with Gasteiger partial charge in [0.05, 0.1) is 17.6 Å². The van der Waals surface area contributed by atoms with E-state index in [1.807, 2.05) is 91.0 Å². The van der Waals surface area contributed by atoms with Crippen LogP contribution in [0, 0.1) is 0 Å². The van der Waals surface area contributed by atoms with Crippen molar-refractivity contribution in [2.75, 3.05) is 14.2 Å². The SMILES string of the molecule is COC(OC)C(N)C(O)C(c1ccccc1)(c1ccccc1)c1ccccc1. The lowest BCUT2D eigenvalue weighted by Gasteiger charge is -2.43. The molecular weight excluding hydrogens is 350 g/mol. The minimum atomic E-state index is -1.01. The highest BCUT2D eigenvalue weighted by atomic mass is 16.7. The van der Waals surface area contributed by atoms with Crippen LogP contribution in [-0.2, 0) is 14.9 Å². The van der Waals surface area contributed by atoms with E-state index in [0.717, 1.165) is 16.7 Å². The molecule has 3 aromatic carbocycles. The maximum Gasteiger partial charge on any atom is 0.174 e. The van der Waals surface area contributed by atoms with Crippen molar-refractivity contribution in [2.45, 2.75) is 23.9 Å². The summed E-state index contributed by atoms with van der Waals surface area (Å²) < 4.78 is 10.8. The molecule has 0 heterocycles. The monoisotopic (exact) mass is 377 g/mol. The van der Waals surface area contributed by atoms with Crippen LogP contribution in [0.2, 0.25) is 0 Å². The second kappa shape index (κ2) is 9.13. The van der Waals surface area contributed by atoms with Crippen LogP contribution in [0.4, 0.5) is 0 Å². The molecular formula is C24H27NO3. The predicted molar refractivity (Wildman–Crippen MR) is 111 cm³/mol. The average molecular weight is 377 g/mol. The third-order valence-corrected chi connectivity index (χ3v) is 5.27. The van der Waals surface area contributed by atoms with E-state index < -0.39 is 23.9 Å². The fraction of sp³-hybridized carbons (Fsp3) is 0.250. The van der Waals surface area contributed by atoms with E-state index in [0.29, 0.717) is 0 Å². The Morgan fingerprint density at radius 1 is 0.679 bits per heavy atom. The summed E-state index contributed by atoms with van der Waals surface area (Å²) in [6, 6.07) is 29.0. The zero-order valence-corrected chi connectivity index (χ0v) is 16.2. The molecule has 2 atom stereocenters. The standard InChI is InChI=1S/C24H27NO3/c1-27-23(28-2)21(25)22(26)24(18-12-6-3-7-13-18,19-14-8-4-9-15-19)20-16-10-5-11-17-20/h3-17,21-23,26H,25H2,1-2H3. The van der Waals surface area contributed by atoms with Gasteiger partial charge < -0.3 is 20.3 Å². The van der Waals surface area contributed by atoms with Crippen LogP contribution in [0.25, 0.3) is 0 Å². The van der Waals surface area contributed by atoms with Crippen molar-refractivity contribution in [3.05, 3.63) is 108 Å². The highest BCUT2D eigenvalue weighted by Gasteiger charge is 2.47. The molecule has 28 heavy (non-hydrogen) atoms. The van der Waals surface area contributed by atoms with Gasteiger partial charge in [-0.2, -0.15) is 0 Å². The Morgan fingerprint density at radius 2 is 1.00 bits per heavy atom. The number of benzene rings is 3. The highest BCUT2D eigenvalue weighted by molar-refractivity contribution is 5.52. The van der Waals surface area contributed by atoms with Gasteiger partial charge in [0.1, 0.15) is 0 Å². The van der Waals surface area contributed by atoms with Crippen molar-refractivity contribution in [1.29, 1.82) is 0 Å². The summed E-state index contributed by atoms with van der Waals surface area (Å²) in [6.45, 7) is 0. The first-order chi connectivity index (χ1) is 13.7. The fourth-order valence-electron chi connectivity index (χ4n) is 3.96. The summed E-state index contributed by atoms with van der Waals surface area (Å²) in [6.07, 6.45) is -1.75. The minimum Gasteiger partial charge on any atom is -0.390 e. The van der Waals surface area contributed by atoms with Gasteiger partial charge in [0.15, 0.2) is 6.29 Å². The lowest BCUT2D eigenvalue weighted by Crippen LogP contribution is -2.57. The van der Waals surface area contributed by atoms with Crippen molar-refractivity contribution in [3.63, 3.8) is 0 Å². The van der Waals surface area contributed by atoms with Crippen molar-refractivity contribution < 1.29 is 14.6 Å². The van der Waals surface area contributed by atoms with E-state index >= 15 is 0 Å². The molecule has 0 aliphatic heterocycles. The number of nitrogens with two attached hydrogens (primary N) is 1. The minimum absolute atomic E-state index is 0.745. The Morgan fingerprint density at radius 3 is 1.29 bits per heavy atom. The van der Waals surface area contributed by atoms with E-state index in [-0.39, 0.29) is 0 Å². The van der Waals surface area contributed by atoms with Crippen LogP contribution in [0.15, 0.2) is 91.0 Å². The topological polar surface area (TPSA) is 64.7 Å². The second-order valence-corrected chi connectivity index (χ2v) is 6.77. The summed E-state index contributed by atoms with van der Waals surface area (Å²) in [5.41, 5.74) is 8.43. The van der Waals surface area contributed by atoms with Gasteiger partial charge in [0.2, 0.25) is 0 Å². The van der Waals surface area contributed by atoms with Crippen LogP contribution >= 0.6 is 0 Å². The van der Waals surface area contributed by atoms with Gasteiger partial charge in [-0.3, -0.25) is 0 Å². The molecule has 0 spiro atoms. The average Bonchev–Trinajstić information content (AvgIpc) is 2.77. The molecule has 0 bridgehead atoms. The van der Waals surface area contributed by atoms with Gasteiger partial charge >= 0.3 is 0 Å². The molecule has 0 saturated carbocycles. The van der Waals surface area contributed by atoms with Crippen molar-refractivity contribution in [3.8, 4) is 0 Å². The maximum atomic E-state index is 11.7. The van der Waals surface area contributed by atoms with Crippen LogP contribution in [0.5, 0.6) is 0 Å². The number of aliphatic hydroxyl groups excluding tert-OH is 1. The summed E-state index contributed by atoms with van der Waals surface area (Å²) in [5.74, 6) is 0. The van der Waals surface area contributed by atoms with E-state index in [1.54, 1.807) is 0 Å². The maximum absolute atomic E-state index is 11.7. The molecule has 2 unspecified atom stereocenters. The first-order valence-electron chi connectivity index (χ1n) is 9.32. The Balaban J connectivity index is 2.31. The number of ether oxygens (including phenoxy) is 2. The van der Waals surface area contributed by atoms with Crippen molar-refractivity contribution in [1.82, 2.24) is 0 Å². The molecule has 0 amide bonds. The van der Waals surface area contributed by atoms with Crippen LogP contribution in [0.3, 0.4) is 0 Å². The molecule has 0 aliphatic rings. The number of aliphatic hydroxyl groups is 1. The van der Waals surface area contributed by atoms with E-state index in [9.17, 15) is 5.11 Å². The van der Waals surface area contributed by atoms with E-state index in [4.69, 9.17) is 15.2 Å². The number of hydrogen-bond acceptors (Lipinski definition) is 4. The molecule has 0 aliphatic carbocycles. The normalized spacial score (nSPS) is 14.0. The van der Waals surface area contributed by atoms with Crippen molar-refractivity contribution in [2.24, 2.45) is 5.73 Å². The lowest BCUT2D eigenvalue weighted by atomic mass is 9.64. The summed E-state index contributed by atoms with van der Waals surface area (Å²) >= 11 is 0. The molecule has 3 rings (SSSR count). The van der Waals surface area contributed by atoms with Crippen LogP contribution < -0.4 is 5.73 Å². The molecule has 146 valence electrons. The molecule has 0 saturated heterocycles. The number of methoxy groups -OCH3 is 2. The quantitative estimate of drug-likeness (QED) is 0.467. The predicted octanol–water partition coefficient (Wildman–Crippen LogP) is 3.33. The van der Waals surface area contributed by atoms with Gasteiger partial charge in [-0.1, -0.05) is 91.0 Å². The molecule has 0 aromatic heterocycles. The third-order valence-electron chi connectivity index (χ3n) is 5.27. The van der Waals surface area contributed by atoms with Gasteiger partial charge in [0.25, 0.3) is 0 Å². The fourth-order valence-corrected chi connectivity index (χ4v) is 3.96. The van der Waals surface area contributed by atoms with Crippen LogP contribution in [0.1, 0.15) is 16.7 Å². The Kier molecular flexibility index (Phi) is 6.60. The van der Waals surface area contributed by atoms with Gasteiger partial charge in [-0.25, -0.2) is 0 Å². The smallest absolute Gasteiger partial charge is 0.174 e. The highest BCUT2D eigenvalue weighted by Crippen LogP contribution is 2.43. The van der Waals surface area contributed by atoms with E-state index in [1.165, 1.54) is 14.2 Å². The Hall–Kier alpha value is -2.50. The Labute approximate surface area is 166 Å². The van der Waals surface area contributed by atoms with Crippen molar-refractivity contribution >= 4 is 0 Å². The molecule has 4 heteroatoms. The van der Waals surface area contributed by atoms with Gasteiger partial charge in [0, 0.05) is 14.2 Å². The van der Waals surface area contributed by atoms with E-state index in [2.05, 4.69) is 0 Å². The van der Waals surface area contributed by atoms with Gasteiger partial charge in [-0.05, 0) is 16.7 Å². The number of rotatable bonds is 8. The zero-order valence-electron chi connectivity index (χ0n) is 16.2. The first-order valence-corrected chi connectivity index (χ1v) is 9.32. The molecule has 0 fully saturated rings. The lowest BCUT2D eigenvalue weighted by molar-refractivity contribution is -0.139. The number of hydrogen-bond donors (Lipinski definition) is 2. The molecule has 3 aromatic rings.